The van der Waals surface area contributed by atoms with Gasteiger partial charge in [0.2, 0.25) is 5.54 Å². The smallest absolute Gasteiger partial charge is 0.449 e. The third-order valence-corrected chi connectivity index (χ3v) is 1.95. The topological polar surface area (TPSA) is 89.7 Å². The molecule has 0 aromatic heterocycles. The van der Waals surface area contributed by atoms with Crippen LogP contribution in [0.4, 0.5) is 4.79 Å². The summed E-state index contributed by atoms with van der Waals surface area (Å²) in [5.41, 5.74) is -1.16. The molecule has 14 heavy (non-hydrogen) atoms. The molecule has 0 aromatic carbocycles. The molecule has 0 aliphatic heterocycles. The van der Waals surface area contributed by atoms with Crippen LogP contribution in [0.3, 0.4) is 0 Å². The SMILES string of the molecule is CC1([N+](=O)[O-])C=CC(OC(=O)O)=CC1. The number of carbonyl (C=O) groups is 1. The van der Waals surface area contributed by atoms with Crippen molar-refractivity contribution in [3.63, 3.8) is 0 Å². The lowest BCUT2D eigenvalue weighted by atomic mass is 9.94. The van der Waals surface area contributed by atoms with Crippen molar-refractivity contribution >= 4 is 6.16 Å². The molecular formula is C8H9NO5. The van der Waals surface area contributed by atoms with Crippen LogP contribution in [-0.2, 0) is 4.74 Å². The molecule has 1 atom stereocenters. The molecule has 1 unspecified atom stereocenters. The Morgan fingerprint density at radius 3 is 2.79 bits per heavy atom. The Morgan fingerprint density at radius 2 is 2.43 bits per heavy atom. The Morgan fingerprint density at radius 1 is 1.79 bits per heavy atom. The summed E-state index contributed by atoms with van der Waals surface area (Å²) in [5.74, 6) is 0.122. The second kappa shape index (κ2) is 3.49. The Hall–Kier alpha value is -1.85. The number of carboxylic acid groups (broad SMARTS) is 1. The van der Waals surface area contributed by atoms with Gasteiger partial charge < -0.3 is 9.84 Å². The number of rotatable bonds is 2. The van der Waals surface area contributed by atoms with E-state index in [2.05, 4.69) is 4.74 Å². The molecule has 0 heterocycles. The lowest BCUT2D eigenvalue weighted by molar-refractivity contribution is -0.549. The van der Waals surface area contributed by atoms with Crippen molar-refractivity contribution in [2.75, 3.05) is 0 Å². The summed E-state index contributed by atoms with van der Waals surface area (Å²) < 4.78 is 4.33. The summed E-state index contributed by atoms with van der Waals surface area (Å²) in [7, 11) is 0. The van der Waals surface area contributed by atoms with Crippen molar-refractivity contribution in [2.45, 2.75) is 18.9 Å². The van der Waals surface area contributed by atoms with Crippen LogP contribution < -0.4 is 0 Å². The van der Waals surface area contributed by atoms with Gasteiger partial charge in [-0.3, -0.25) is 10.1 Å². The predicted octanol–water partition coefficient (Wildman–Crippen LogP) is 1.56. The van der Waals surface area contributed by atoms with E-state index < -0.39 is 16.6 Å². The summed E-state index contributed by atoms with van der Waals surface area (Å²) in [6, 6.07) is 0. The lowest BCUT2D eigenvalue weighted by Crippen LogP contribution is -2.33. The highest BCUT2D eigenvalue weighted by atomic mass is 16.7. The molecule has 0 fully saturated rings. The molecule has 0 saturated carbocycles. The summed E-state index contributed by atoms with van der Waals surface area (Å²) in [4.78, 5) is 20.3. The van der Waals surface area contributed by atoms with Crippen LogP contribution in [0.1, 0.15) is 13.3 Å². The number of nitrogens with zero attached hydrogens (tertiary/aromatic N) is 1. The largest absolute Gasteiger partial charge is 0.511 e. The van der Waals surface area contributed by atoms with E-state index in [1.54, 1.807) is 0 Å². The molecule has 1 rings (SSSR count). The average molecular weight is 199 g/mol. The van der Waals surface area contributed by atoms with Crippen LogP contribution >= 0.6 is 0 Å². The second-order valence-electron chi connectivity index (χ2n) is 3.13. The molecule has 6 nitrogen and oxygen atoms in total. The minimum atomic E-state index is -1.43. The molecule has 1 aliphatic rings. The Labute approximate surface area is 79.6 Å². The van der Waals surface area contributed by atoms with Crippen LogP contribution in [-0.4, -0.2) is 21.7 Å². The van der Waals surface area contributed by atoms with Gasteiger partial charge in [-0.2, -0.15) is 0 Å². The first-order chi connectivity index (χ1) is 6.44. The molecule has 76 valence electrons. The van der Waals surface area contributed by atoms with Crippen LogP contribution in [0.25, 0.3) is 0 Å². The van der Waals surface area contributed by atoms with E-state index in [4.69, 9.17) is 5.11 Å². The predicted molar refractivity (Wildman–Crippen MR) is 46.3 cm³/mol. The van der Waals surface area contributed by atoms with E-state index >= 15 is 0 Å². The van der Waals surface area contributed by atoms with Gasteiger partial charge in [-0.25, -0.2) is 4.79 Å². The third kappa shape index (κ3) is 2.09. The Kier molecular flexibility index (Phi) is 2.55. The van der Waals surface area contributed by atoms with E-state index in [-0.39, 0.29) is 12.2 Å². The number of hydrogen-bond acceptors (Lipinski definition) is 4. The van der Waals surface area contributed by atoms with E-state index in [9.17, 15) is 14.9 Å². The number of hydrogen-bond donors (Lipinski definition) is 1. The molecule has 0 saturated heterocycles. The molecular weight excluding hydrogens is 190 g/mol. The molecule has 0 aromatic rings. The minimum absolute atomic E-state index is 0.122. The Bertz CT molecular complexity index is 333. The highest BCUT2D eigenvalue weighted by Gasteiger charge is 2.35. The van der Waals surface area contributed by atoms with E-state index in [0.717, 1.165) is 0 Å². The number of nitro groups is 1. The fraction of sp³-hybridized carbons (Fsp3) is 0.375. The highest BCUT2D eigenvalue weighted by molar-refractivity contribution is 5.59. The maximum absolute atomic E-state index is 10.6. The first kappa shape index (κ1) is 10.2. The normalized spacial score (nSPS) is 25.4. The summed E-state index contributed by atoms with van der Waals surface area (Å²) in [5, 5.41) is 18.8. The second-order valence-corrected chi connectivity index (χ2v) is 3.13. The van der Waals surface area contributed by atoms with Gasteiger partial charge in [-0.15, -0.1) is 0 Å². The Balaban J connectivity index is 2.70. The van der Waals surface area contributed by atoms with Crippen LogP contribution in [0.15, 0.2) is 24.0 Å². The van der Waals surface area contributed by atoms with E-state index in [0.29, 0.717) is 0 Å². The van der Waals surface area contributed by atoms with Gasteiger partial charge in [0.1, 0.15) is 5.76 Å². The average Bonchev–Trinajstić information content (AvgIpc) is 2.08. The van der Waals surface area contributed by atoms with Crippen molar-refractivity contribution in [3.05, 3.63) is 34.1 Å². The fourth-order valence-electron chi connectivity index (χ4n) is 1.02. The van der Waals surface area contributed by atoms with Crippen LogP contribution in [0.5, 0.6) is 0 Å². The third-order valence-electron chi connectivity index (χ3n) is 1.95. The molecule has 6 heteroatoms. The first-order valence-corrected chi connectivity index (χ1v) is 3.89. The molecule has 1 N–H and O–H groups in total. The zero-order valence-corrected chi connectivity index (χ0v) is 7.47. The van der Waals surface area contributed by atoms with Gasteiger partial charge >= 0.3 is 6.16 Å². The standard InChI is InChI=1S/C8H9NO5/c1-8(9(12)13)4-2-6(3-5-8)14-7(10)11/h2-4H,5H2,1H3,(H,10,11). The van der Waals surface area contributed by atoms with Crippen molar-refractivity contribution in [1.29, 1.82) is 0 Å². The van der Waals surface area contributed by atoms with Gasteiger partial charge in [0, 0.05) is 18.3 Å². The van der Waals surface area contributed by atoms with E-state index in [1.807, 2.05) is 0 Å². The molecule has 0 spiro atoms. The number of ether oxygens (including phenoxy) is 1. The molecule has 1 aliphatic carbocycles. The maximum atomic E-state index is 10.6. The van der Waals surface area contributed by atoms with Crippen molar-refractivity contribution in [1.82, 2.24) is 0 Å². The number of allylic oxidation sites excluding steroid dienone is 1. The van der Waals surface area contributed by atoms with Gasteiger partial charge in [0.25, 0.3) is 0 Å². The van der Waals surface area contributed by atoms with Crippen molar-refractivity contribution in [3.8, 4) is 0 Å². The zero-order valence-electron chi connectivity index (χ0n) is 7.47. The molecule has 0 bridgehead atoms. The summed E-state index contributed by atoms with van der Waals surface area (Å²) in [6.45, 7) is 1.46. The van der Waals surface area contributed by atoms with Crippen LogP contribution in [0, 0.1) is 10.1 Å². The molecule has 0 amide bonds. The van der Waals surface area contributed by atoms with Gasteiger partial charge in [0.15, 0.2) is 0 Å². The van der Waals surface area contributed by atoms with Crippen molar-refractivity contribution < 1.29 is 19.6 Å². The van der Waals surface area contributed by atoms with Crippen LogP contribution in [0.2, 0.25) is 0 Å². The minimum Gasteiger partial charge on any atom is -0.449 e. The summed E-state index contributed by atoms with van der Waals surface area (Å²) >= 11 is 0. The summed E-state index contributed by atoms with van der Waals surface area (Å²) in [6.07, 6.45) is 2.70. The fourth-order valence-corrected chi connectivity index (χ4v) is 1.02. The van der Waals surface area contributed by atoms with E-state index in [1.165, 1.54) is 25.2 Å². The quantitative estimate of drug-likeness (QED) is 0.414. The highest BCUT2D eigenvalue weighted by Crippen LogP contribution is 2.23. The van der Waals surface area contributed by atoms with Gasteiger partial charge in [-0.05, 0) is 18.2 Å². The zero-order chi connectivity index (χ0) is 10.8. The maximum Gasteiger partial charge on any atom is 0.511 e. The monoisotopic (exact) mass is 199 g/mol. The lowest BCUT2D eigenvalue weighted by Gasteiger charge is -2.18. The molecule has 0 radical (unpaired) electrons. The first-order valence-electron chi connectivity index (χ1n) is 3.89. The van der Waals surface area contributed by atoms with Gasteiger partial charge in [-0.1, -0.05) is 0 Å². The van der Waals surface area contributed by atoms with Gasteiger partial charge in [0.05, 0.1) is 0 Å². The van der Waals surface area contributed by atoms with Crippen molar-refractivity contribution in [2.24, 2.45) is 0 Å².